The molecule has 0 bridgehead atoms. The molecule has 1 aliphatic rings. The van der Waals surface area contributed by atoms with E-state index >= 15 is 0 Å². The quantitative estimate of drug-likeness (QED) is 0.793. The van der Waals surface area contributed by atoms with Crippen molar-refractivity contribution < 1.29 is 0 Å². The maximum Gasteiger partial charge on any atom is 0.0440 e. The molecule has 108 valence electrons. The van der Waals surface area contributed by atoms with E-state index in [0.29, 0.717) is 23.4 Å². The fourth-order valence-corrected chi connectivity index (χ4v) is 4.76. The number of rotatable bonds is 4. The molecule has 3 unspecified atom stereocenters. The van der Waals surface area contributed by atoms with Crippen molar-refractivity contribution in [3.05, 3.63) is 22.4 Å². The van der Waals surface area contributed by atoms with Gasteiger partial charge in [0.25, 0.3) is 0 Å². The summed E-state index contributed by atoms with van der Waals surface area (Å²) < 4.78 is 0. The zero-order chi connectivity index (χ0) is 14.0. The Hall–Kier alpha value is -0.340. The summed E-state index contributed by atoms with van der Waals surface area (Å²) in [6, 6.07) is 5.64. The second-order valence-corrected chi connectivity index (χ2v) is 8.49. The SMILES string of the molecule is CC1CC(NC(c2cccs2)C(C)C)CC(C)(C)C1. The van der Waals surface area contributed by atoms with Crippen molar-refractivity contribution >= 4 is 11.3 Å². The molecular formula is C17H29NS. The van der Waals surface area contributed by atoms with Gasteiger partial charge < -0.3 is 5.32 Å². The van der Waals surface area contributed by atoms with Crippen LogP contribution in [0.3, 0.4) is 0 Å². The van der Waals surface area contributed by atoms with Gasteiger partial charge in [0.1, 0.15) is 0 Å². The number of hydrogen-bond donors (Lipinski definition) is 1. The Morgan fingerprint density at radius 1 is 1.32 bits per heavy atom. The third kappa shape index (κ3) is 4.06. The van der Waals surface area contributed by atoms with Gasteiger partial charge in [-0.15, -0.1) is 11.3 Å². The topological polar surface area (TPSA) is 12.0 Å². The normalized spacial score (nSPS) is 28.5. The van der Waals surface area contributed by atoms with Crippen LogP contribution in [0.15, 0.2) is 17.5 Å². The largest absolute Gasteiger partial charge is 0.306 e. The van der Waals surface area contributed by atoms with Gasteiger partial charge in [0, 0.05) is 17.0 Å². The second kappa shape index (κ2) is 5.97. The molecule has 0 aromatic carbocycles. The molecule has 1 heterocycles. The first kappa shape index (κ1) is 15.1. The van der Waals surface area contributed by atoms with Gasteiger partial charge in [-0.3, -0.25) is 0 Å². The smallest absolute Gasteiger partial charge is 0.0440 e. The Kier molecular flexibility index (Phi) is 4.73. The Morgan fingerprint density at radius 2 is 2.05 bits per heavy atom. The summed E-state index contributed by atoms with van der Waals surface area (Å²) in [5, 5.41) is 6.15. The van der Waals surface area contributed by atoms with Gasteiger partial charge >= 0.3 is 0 Å². The third-order valence-electron chi connectivity index (χ3n) is 4.32. The summed E-state index contributed by atoms with van der Waals surface area (Å²) >= 11 is 1.89. The first-order valence-corrected chi connectivity index (χ1v) is 8.55. The molecule has 1 saturated carbocycles. The van der Waals surface area contributed by atoms with Crippen LogP contribution in [-0.4, -0.2) is 6.04 Å². The standard InChI is InChI=1S/C17H29NS/c1-12(2)16(15-7-6-8-19-15)18-14-9-13(3)10-17(4,5)11-14/h6-8,12-14,16,18H,9-11H2,1-5H3. The highest BCUT2D eigenvalue weighted by molar-refractivity contribution is 7.10. The van der Waals surface area contributed by atoms with E-state index in [4.69, 9.17) is 0 Å². The van der Waals surface area contributed by atoms with Gasteiger partial charge in [-0.2, -0.15) is 0 Å². The number of hydrogen-bond acceptors (Lipinski definition) is 2. The highest BCUT2D eigenvalue weighted by atomic mass is 32.1. The van der Waals surface area contributed by atoms with Crippen molar-refractivity contribution in [2.24, 2.45) is 17.3 Å². The Balaban J connectivity index is 2.05. The lowest BCUT2D eigenvalue weighted by atomic mass is 9.70. The van der Waals surface area contributed by atoms with Gasteiger partial charge in [-0.25, -0.2) is 0 Å². The van der Waals surface area contributed by atoms with Gasteiger partial charge in [0.15, 0.2) is 0 Å². The van der Waals surface area contributed by atoms with Crippen molar-refractivity contribution in [2.45, 2.75) is 66.0 Å². The van der Waals surface area contributed by atoms with Crippen LogP contribution >= 0.6 is 11.3 Å². The molecule has 3 atom stereocenters. The predicted octanol–water partition coefficient (Wildman–Crippen LogP) is 5.25. The minimum Gasteiger partial charge on any atom is -0.306 e. The van der Waals surface area contributed by atoms with Crippen molar-refractivity contribution in [1.29, 1.82) is 0 Å². The molecule has 1 fully saturated rings. The minimum atomic E-state index is 0.492. The summed E-state index contributed by atoms with van der Waals surface area (Å²) in [4.78, 5) is 1.49. The number of nitrogens with one attached hydrogen (secondary N) is 1. The molecule has 2 rings (SSSR count). The summed E-state index contributed by atoms with van der Waals surface area (Å²) in [5.41, 5.74) is 0.492. The highest BCUT2D eigenvalue weighted by Gasteiger charge is 2.33. The van der Waals surface area contributed by atoms with Gasteiger partial charge in [-0.1, -0.05) is 40.7 Å². The fourth-order valence-electron chi connectivity index (χ4n) is 3.80. The maximum atomic E-state index is 3.95. The van der Waals surface area contributed by atoms with Crippen LogP contribution in [0, 0.1) is 17.3 Å². The van der Waals surface area contributed by atoms with Crippen molar-refractivity contribution in [3.63, 3.8) is 0 Å². The van der Waals surface area contributed by atoms with E-state index in [1.54, 1.807) is 0 Å². The highest BCUT2D eigenvalue weighted by Crippen LogP contribution is 2.40. The molecule has 2 heteroatoms. The van der Waals surface area contributed by atoms with Crippen molar-refractivity contribution in [3.8, 4) is 0 Å². The maximum absolute atomic E-state index is 3.95. The lowest BCUT2D eigenvalue weighted by Gasteiger charge is -2.41. The van der Waals surface area contributed by atoms with E-state index in [-0.39, 0.29) is 0 Å². The van der Waals surface area contributed by atoms with Crippen LogP contribution in [0.4, 0.5) is 0 Å². The van der Waals surface area contributed by atoms with Crippen molar-refractivity contribution in [2.75, 3.05) is 0 Å². The fraction of sp³-hybridized carbons (Fsp3) is 0.765. The molecule has 1 nitrogen and oxygen atoms in total. The van der Waals surface area contributed by atoms with E-state index in [1.807, 2.05) is 11.3 Å². The molecule has 1 aromatic heterocycles. The molecule has 0 aliphatic heterocycles. The van der Waals surface area contributed by atoms with Crippen LogP contribution in [0.25, 0.3) is 0 Å². The first-order valence-electron chi connectivity index (χ1n) is 7.67. The summed E-state index contributed by atoms with van der Waals surface area (Å²) in [6.45, 7) is 11.9. The molecule has 0 saturated heterocycles. The molecule has 1 N–H and O–H groups in total. The van der Waals surface area contributed by atoms with Gasteiger partial charge in [0.2, 0.25) is 0 Å². The average molecular weight is 279 g/mol. The predicted molar refractivity (Wildman–Crippen MR) is 85.6 cm³/mol. The summed E-state index contributed by atoms with van der Waals surface area (Å²) in [5.74, 6) is 1.50. The Morgan fingerprint density at radius 3 is 2.58 bits per heavy atom. The van der Waals surface area contributed by atoms with E-state index < -0.39 is 0 Å². The van der Waals surface area contributed by atoms with Gasteiger partial charge in [-0.05, 0) is 48.0 Å². The van der Waals surface area contributed by atoms with Crippen LogP contribution in [0.5, 0.6) is 0 Å². The summed E-state index contributed by atoms with van der Waals surface area (Å²) in [6.07, 6.45) is 4.01. The van der Waals surface area contributed by atoms with E-state index in [2.05, 4.69) is 57.4 Å². The molecular weight excluding hydrogens is 250 g/mol. The monoisotopic (exact) mass is 279 g/mol. The molecule has 0 spiro atoms. The summed E-state index contributed by atoms with van der Waals surface area (Å²) in [7, 11) is 0. The zero-order valence-corrected chi connectivity index (χ0v) is 13.9. The molecule has 0 amide bonds. The third-order valence-corrected chi connectivity index (χ3v) is 5.27. The second-order valence-electron chi connectivity index (χ2n) is 7.51. The average Bonchev–Trinajstić information content (AvgIpc) is 2.75. The van der Waals surface area contributed by atoms with Gasteiger partial charge in [0.05, 0.1) is 0 Å². The van der Waals surface area contributed by atoms with Crippen LogP contribution in [0.2, 0.25) is 0 Å². The first-order chi connectivity index (χ1) is 8.87. The Bertz CT molecular complexity index is 380. The van der Waals surface area contributed by atoms with E-state index in [9.17, 15) is 0 Å². The van der Waals surface area contributed by atoms with Crippen LogP contribution < -0.4 is 5.32 Å². The zero-order valence-electron chi connectivity index (χ0n) is 13.1. The number of thiophene rings is 1. The lowest BCUT2D eigenvalue weighted by molar-refractivity contribution is 0.139. The molecule has 0 radical (unpaired) electrons. The van der Waals surface area contributed by atoms with Crippen molar-refractivity contribution in [1.82, 2.24) is 5.32 Å². The minimum absolute atomic E-state index is 0.492. The van der Waals surface area contributed by atoms with E-state index in [0.717, 1.165) is 5.92 Å². The van der Waals surface area contributed by atoms with Crippen LogP contribution in [0.1, 0.15) is 64.8 Å². The molecule has 1 aromatic rings. The van der Waals surface area contributed by atoms with E-state index in [1.165, 1.54) is 24.1 Å². The molecule has 1 aliphatic carbocycles. The lowest BCUT2D eigenvalue weighted by Crippen LogP contribution is -2.42. The van der Waals surface area contributed by atoms with Crippen LogP contribution in [-0.2, 0) is 0 Å². The Labute approximate surface area is 122 Å². The molecule has 19 heavy (non-hydrogen) atoms.